The molecular weight excluding hydrogens is 565 g/mol. The molecule has 0 amide bonds. The maximum atomic E-state index is 2.49. The average Bonchev–Trinajstić information content (AvgIpc) is 3.35. The van der Waals surface area contributed by atoms with Crippen LogP contribution in [0.4, 0.5) is 0 Å². The molecule has 4 aliphatic carbocycles. The summed E-state index contributed by atoms with van der Waals surface area (Å²) in [6.07, 6.45) is 14.8. The van der Waals surface area contributed by atoms with E-state index in [4.69, 9.17) is 0 Å². The van der Waals surface area contributed by atoms with Crippen LogP contribution in [0.25, 0.3) is 61.4 Å². The zero-order valence-corrected chi connectivity index (χ0v) is 26.7. The lowest BCUT2D eigenvalue weighted by Gasteiger charge is -2.34. The molecule has 0 heterocycles. The largest absolute Gasteiger partial charge is 0.0759 e. The van der Waals surface area contributed by atoms with Crippen molar-refractivity contribution in [1.82, 2.24) is 0 Å². The molecule has 1 unspecified atom stereocenters. The highest BCUT2D eigenvalue weighted by molar-refractivity contribution is 5.89. The number of rotatable bonds is 3. The highest BCUT2D eigenvalue weighted by Crippen LogP contribution is 2.52. The molecular formula is C47H34. The third-order valence-corrected chi connectivity index (χ3v) is 11.2. The number of hydrogen-bond acceptors (Lipinski definition) is 0. The van der Waals surface area contributed by atoms with Gasteiger partial charge in [0.25, 0.3) is 0 Å². The van der Waals surface area contributed by atoms with Gasteiger partial charge in [-0.25, -0.2) is 0 Å². The fraction of sp³-hybridized carbons (Fsp3) is 0.106. The van der Waals surface area contributed by atoms with Crippen LogP contribution in [0.3, 0.4) is 0 Å². The van der Waals surface area contributed by atoms with Crippen LogP contribution in [0.5, 0.6) is 0 Å². The number of hydrogen-bond donors (Lipinski definition) is 0. The second kappa shape index (κ2) is 9.77. The molecule has 47 heavy (non-hydrogen) atoms. The predicted octanol–water partition coefficient (Wildman–Crippen LogP) is 12.2. The Morgan fingerprint density at radius 2 is 1.17 bits per heavy atom. The summed E-state index contributed by atoms with van der Waals surface area (Å²) in [5.41, 5.74) is 20.4. The topological polar surface area (TPSA) is 0 Å². The summed E-state index contributed by atoms with van der Waals surface area (Å²) in [7, 11) is 0. The van der Waals surface area contributed by atoms with Crippen LogP contribution in [0.1, 0.15) is 47.6 Å². The zero-order chi connectivity index (χ0) is 31.3. The van der Waals surface area contributed by atoms with Crippen molar-refractivity contribution < 1.29 is 0 Å². The van der Waals surface area contributed by atoms with Crippen LogP contribution < -0.4 is 0 Å². The summed E-state index contributed by atoms with van der Waals surface area (Å²) >= 11 is 0. The molecule has 0 saturated carbocycles. The van der Waals surface area contributed by atoms with E-state index >= 15 is 0 Å². The molecule has 0 spiro atoms. The van der Waals surface area contributed by atoms with Crippen molar-refractivity contribution in [3.05, 3.63) is 185 Å². The minimum atomic E-state index is -0.0902. The van der Waals surface area contributed by atoms with Gasteiger partial charge in [-0.3, -0.25) is 0 Å². The molecule has 0 nitrogen and oxygen atoms in total. The summed E-state index contributed by atoms with van der Waals surface area (Å²) in [5.74, 6) is 0.374. The van der Waals surface area contributed by atoms with Gasteiger partial charge in [0.05, 0.1) is 0 Å². The van der Waals surface area contributed by atoms with Gasteiger partial charge >= 0.3 is 0 Å². The first kappa shape index (κ1) is 26.7. The Morgan fingerprint density at radius 1 is 0.532 bits per heavy atom. The molecule has 0 aromatic heterocycles. The normalized spacial score (nSPS) is 17.5. The molecule has 0 aliphatic heterocycles. The summed E-state index contributed by atoms with van der Waals surface area (Å²) in [5, 5.41) is 2.56. The first-order valence-electron chi connectivity index (χ1n) is 16.8. The molecule has 10 rings (SSSR count). The van der Waals surface area contributed by atoms with Crippen LogP contribution in [-0.4, -0.2) is 0 Å². The first-order chi connectivity index (χ1) is 23.0. The van der Waals surface area contributed by atoms with Crippen LogP contribution >= 0.6 is 0 Å². The van der Waals surface area contributed by atoms with Crippen molar-refractivity contribution in [2.45, 2.75) is 31.6 Å². The SMILES string of the molecule is CC1(C)c2cc(-c3ccc(-c4ccc5ccccc5c4)cc3)ccc2-c2ccc(-c3ccc4c5c3CC=C3C=CC=C(C=C4)C35)cc21. The van der Waals surface area contributed by atoms with Crippen LogP contribution in [0, 0.1) is 0 Å². The van der Waals surface area contributed by atoms with Gasteiger partial charge in [0.15, 0.2) is 0 Å². The molecule has 0 bridgehead atoms. The van der Waals surface area contributed by atoms with Crippen molar-refractivity contribution in [2.24, 2.45) is 0 Å². The lowest BCUT2D eigenvalue weighted by atomic mass is 9.69. The highest BCUT2D eigenvalue weighted by Gasteiger charge is 2.37. The fourth-order valence-corrected chi connectivity index (χ4v) is 8.70. The Hall–Kier alpha value is -5.46. The standard InChI is InChI=1S/C47H34/c1-47(2)43-27-37(31-12-10-30(11-13-31)36-17-14-29-6-3-4-7-35(29)26-36)20-23-40(43)41-24-21-38(28-44(41)47)39-22-18-34-16-15-32-8-5-9-33-19-25-42(39)46(34)45(32)33/h3-24,26-28,45H,25H2,1-2H3. The molecule has 6 aromatic carbocycles. The van der Waals surface area contributed by atoms with E-state index in [-0.39, 0.29) is 5.41 Å². The second-order valence-electron chi connectivity index (χ2n) is 14.1. The maximum absolute atomic E-state index is 2.49. The Bertz CT molecular complexity index is 2440. The summed E-state index contributed by atoms with van der Waals surface area (Å²) < 4.78 is 0. The summed E-state index contributed by atoms with van der Waals surface area (Å²) in [4.78, 5) is 0. The summed E-state index contributed by atoms with van der Waals surface area (Å²) in [6, 6.07) is 43.4. The molecule has 222 valence electrons. The molecule has 0 N–H and O–H groups in total. The quantitative estimate of drug-likeness (QED) is 0.190. The first-order valence-corrected chi connectivity index (χ1v) is 16.8. The number of benzene rings is 6. The van der Waals surface area contributed by atoms with Gasteiger partial charge in [-0.05, 0) is 119 Å². The molecule has 0 saturated heterocycles. The van der Waals surface area contributed by atoms with Crippen LogP contribution in [0.2, 0.25) is 0 Å². The van der Waals surface area contributed by atoms with Crippen molar-refractivity contribution >= 4 is 16.8 Å². The van der Waals surface area contributed by atoms with Gasteiger partial charge in [0, 0.05) is 11.3 Å². The van der Waals surface area contributed by atoms with Gasteiger partial charge in [0.1, 0.15) is 0 Å². The maximum Gasteiger partial charge on any atom is 0.0345 e. The molecule has 4 aliphatic rings. The third-order valence-electron chi connectivity index (χ3n) is 11.2. The van der Waals surface area contributed by atoms with Gasteiger partial charge in [-0.2, -0.15) is 0 Å². The van der Waals surface area contributed by atoms with Gasteiger partial charge in [-0.15, -0.1) is 0 Å². The van der Waals surface area contributed by atoms with E-state index in [2.05, 4.69) is 166 Å². The lowest BCUT2D eigenvalue weighted by molar-refractivity contribution is 0.661. The molecule has 6 aromatic rings. The van der Waals surface area contributed by atoms with Gasteiger partial charge in [-0.1, -0.05) is 147 Å². The fourth-order valence-electron chi connectivity index (χ4n) is 8.70. The van der Waals surface area contributed by atoms with Gasteiger partial charge in [0.2, 0.25) is 0 Å². The molecule has 0 fully saturated rings. The zero-order valence-electron chi connectivity index (χ0n) is 26.7. The molecule has 0 heteroatoms. The number of allylic oxidation sites excluding steroid dienone is 7. The van der Waals surface area contributed by atoms with E-state index in [9.17, 15) is 0 Å². The predicted molar refractivity (Wildman–Crippen MR) is 199 cm³/mol. The van der Waals surface area contributed by atoms with Crippen molar-refractivity contribution in [3.63, 3.8) is 0 Å². The van der Waals surface area contributed by atoms with E-state index in [0.29, 0.717) is 5.92 Å². The van der Waals surface area contributed by atoms with Crippen LogP contribution in [-0.2, 0) is 11.8 Å². The Labute approximate surface area is 276 Å². The van der Waals surface area contributed by atoms with Crippen LogP contribution in [0.15, 0.2) is 157 Å². The Balaban J connectivity index is 1.000. The van der Waals surface area contributed by atoms with Gasteiger partial charge < -0.3 is 0 Å². The van der Waals surface area contributed by atoms with E-state index in [1.54, 1.807) is 0 Å². The molecule has 1 atom stereocenters. The third kappa shape index (κ3) is 3.95. The average molecular weight is 599 g/mol. The smallest absolute Gasteiger partial charge is 0.0345 e. The van der Waals surface area contributed by atoms with Crippen molar-refractivity contribution in [2.75, 3.05) is 0 Å². The van der Waals surface area contributed by atoms with Crippen molar-refractivity contribution in [1.29, 1.82) is 0 Å². The monoisotopic (exact) mass is 598 g/mol. The number of fused-ring (bicyclic) bond motifs is 4. The van der Waals surface area contributed by atoms with E-state index in [1.807, 2.05) is 0 Å². The lowest BCUT2D eigenvalue weighted by Crippen LogP contribution is -2.18. The Morgan fingerprint density at radius 3 is 1.96 bits per heavy atom. The molecule has 0 radical (unpaired) electrons. The van der Waals surface area contributed by atoms with E-state index in [0.717, 1.165) is 6.42 Å². The second-order valence-corrected chi connectivity index (χ2v) is 14.1. The highest BCUT2D eigenvalue weighted by atomic mass is 14.4. The minimum absolute atomic E-state index is 0.0902. The van der Waals surface area contributed by atoms with E-state index < -0.39 is 0 Å². The Kier molecular flexibility index (Phi) is 5.56. The minimum Gasteiger partial charge on any atom is -0.0759 e. The van der Waals surface area contributed by atoms with E-state index in [1.165, 1.54) is 94.2 Å². The van der Waals surface area contributed by atoms with Crippen molar-refractivity contribution in [3.8, 4) is 44.5 Å². The summed E-state index contributed by atoms with van der Waals surface area (Å²) in [6.45, 7) is 4.80.